The molecule has 1 saturated carbocycles. The van der Waals surface area contributed by atoms with Crippen LogP contribution in [0.1, 0.15) is 27.4 Å². The van der Waals surface area contributed by atoms with E-state index >= 15 is 0 Å². The van der Waals surface area contributed by atoms with Crippen molar-refractivity contribution in [3.8, 4) is 0 Å². The quantitative estimate of drug-likeness (QED) is 0.685. The molecule has 20 heavy (non-hydrogen) atoms. The molecule has 0 radical (unpaired) electrons. The van der Waals surface area contributed by atoms with E-state index in [1.54, 1.807) is 6.20 Å². The minimum Gasteiger partial charge on any atom is -0.311 e. The molecule has 5 rings (SSSR count). The van der Waals surface area contributed by atoms with Gasteiger partial charge < -0.3 is 4.40 Å². The Morgan fingerprint density at radius 1 is 1.10 bits per heavy atom. The summed E-state index contributed by atoms with van der Waals surface area (Å²) in [6, 6.07) is 3.78. The molecule has 4 heteroatoms. The first-order chi connectivity index (χ1) is 9.75. The van der Waals surface area contributed by atoms with Gasteiger partial charge in [-0.1, -0.05) is 12.2 Å². The minimum atomic E-state index is -0.175. The molecule has 4 unspecified atom stereocenters. The van der Waals surface area contributed by atoms with Crippen LogP contribution in [0.2, 0.25) is 0 Å². The summed E-state index contributed by atoms with van der Waals surface area (Å²) in [5.41, 5.74) is 1.71. The van der Waals surface area contributed by atoms with E-state index in [-0.39, 0.29) is 35.2 Å². The van der Waals surface area contributed by atoms with E-state index in [1.165, 1.54) is 0 Å². The summed E-state index contributed by atoms with van der Waals surface area (Å²) >= 11 is 0. The smallest absolute Gasteiger partial charge is 0.187 e. The molecule has 1 fully saturated rings. The zero-order valence-electron chi connectivity index (χ0n) is 10.7. The Morgan fingerprint density at radius 2 is 1.85 bits per heavy atom. The molecule has 0 saturated heterocycles. The number of nitrogens with zero attached hydrogens (tertiary/aromatic N) is 2. The first kappa shape index (κ1) is 10.5. The lowest BCUT2D eigenvalue weighted by molar-refractivity contribution is 0.0709. The van der Waals surface area contributed by atoms with Crippen LogP contribution < -0.4 is 0 Å². The van der Waals surface area contributed by atoms with Crippen LogP contribution >= 0.6 is 0 Å². The van der Waals surface area contributed by atoms with Gasteiger partial charge >= 0.3 is 0 Å². The zero-order chi connectivity index (χ0) is 13.4. The van der Waals surface area contributed by atoms with Gasteiger partial charge in [-0.3, -0.25) is 9.59 Å². The van der Waals surface area contributed by atoms with E-state index in [0.29, 0.717) is 11.4 Å². The molecule has 0 spiro atoms. The highest BCUT2D eigenvalue weighted by molar-refractivity contribution is 6.15. The zero-order valence-corrected chi connectivity index (χ0v) is 10.7. The van der Waals surface area contributed by atoms with Crippen molar-refractivity contribution in [2.45, 2.75) is 6.42 Å². The molecule has 0 N–H and O–H groups in total. The number of hydrogen-bond acceptors (Lipinski definition) is 3. The van der Waals surface area contributed by atoms with Crippen molar-refractivity contribution in [3.63, 3.8) is 0 Å². The van der Waals surface area contributed by atoms with Crippen LogP contribution in [0.3, 0.4) is 0 Å². The summed E-state index contributed by atoms with van der Waals surface area (Å²) in [4.78, 5) is 29.9. The Morgan fingerprint density at radius 3 is 2.65 bits per heavy atom. The lowest BCUT2D eigenvalue weighted by Gasteiger charge is -2.30. The lowest BCUT2D eigenvalue weighted by Crippen LogP contribution is -2.40. The molecule has 0 amide bonds. The summed E-state index contributed by atoms with van der Waals surface area (Å²) < 4.78 is 1.81. The molecular formula is C16H12N2O2. The van der Waals surface area contributed by atoms with Crippen LogP contribution in [0.15, 0.2) is 36.7 Å². The van der Waals surface area contributed by atoms with Crippen LogP contribution in [0.25, 0.3) is 5.52 Å². The Hall–Kier alpha value is -2.23. The number of rotatable bonds is 0. The van der Waals surface area contributed by atoms with Crippen LogP contribution in [0, 0.1) is 23.7 Å². The van der Waals surface area contributed by atoms with E-state index in [0.717, 1.165) is 11.9 Å². The fourth-order valence-electron chi connectivity index (χ4n) is 4.28. The second-order valence-corrected chi connectivity index (χ2v) is 5.99. The average molecular weight is 264 g/mol. The van der Waals surface area contributed by atoms with E-state index < -0.39 is 0 Å². The van der Waals surface area contributed by atoms with Crippen LogP contribution in [0.5, 0.6) is 0 Å². The van der Waals surface area contributed by atoms with Gasteiger partial charge in [-0.25, -0.2) is 4.98 Å². The van der Waals surface area contributed by atoms with Gasteiger partial charge in [0.25, 0.3) is 0 Å². The summed E-state index contributed by atoms with van der Waals surface area (Å²) in [6.45, 7) is 0. The highest BCUT2D eigenvalue weighted by Crippen LogP contribution is 2.52. The minimum absolute atomic E-state index is 0.0528. The fourth-order valence-corrected chi connectivity index (χ4v) is 4.28. The SMILES string of the molecule is O=C1c2ncc3cccn3c2C(=O)C2C3C=CC(C3)C12. The van der Waals surface area contributed by atoms with Crippen molar-refractivity contribution in [2.75, 3.05) is 0 Å². The molecule has 2 bridgehead atoms. The number of ketones is 2. The van der Waals surface area contributed by atoms with Gasteiger partial charge in [0.2, 0.25) is 0 Å². The second kappa shape index (κ2) is 3.26. The van der Waals surface area contributed by atoms with Gasteiger partial charge in [0.15, 0.2) is 11.6 Å². The predicted molar refractivity (Wildman–Crippen MR) is 71.6 cm³/mol. The van der Waals surface area contributed by atoms with Gasteiger partial charge in [-0.2, -0.15) is 0 Å². The maximum absolute atomic E-state index is 12.9. The second-order valence-electron chi connectivity index (χ2n) is 5.99. The van der Waals surface area contributed by atoms with E-state index in [9.17, 15) is 9.59 Å². The maximum Gasteiger partial charge on any atom is 0.187 e. The van der Waals surface area contributed by atoms with Crippen molar-refractivity contribution in [2.24, 2.45) is 23.7 Å². The topological polar surface area (TPSA) is 51.4 Å². The summed E-state index contributed by atoms with van der Waals surface area (Å²) in [7, 11) is 0. The van der Waals surface area contributed by atoms with Crippen molar-refractivity contribution in [1.82, 2.24) is 9.38 Å². The van der Waals surface area contributed by atoms with Gasteiger partial charge in [0.1, 0.15) is 11.4 Å². The predicted octanol–water partition coefficient (Wildman–Crippen LogP) is 2.15. The molecule has 2 aromatic heterocycles. The molecular weight excluding hydrogens is 252 g/mol. The monoisotopic (exact) mass is 264 g/mol. The van der Waals surface area contributed by atoms with Crippen molar-refractivity contribution < 1.29 is 9.59 Å². The van der Waals surface area contributed by atoms with Crippen molar-refractivity contribution >= 4 is 17.1 Å². The third-order valence-corrected chi connectivity index (χ3v) is 5.10. The highest BCUT2D eigenvalue weighted by Gasteiger charge is 2.55. The number of carbonyl (C=O) groups excluding carboxylic acids is 2. The standard InChI is InChI=1S/C16H12N2O2/c19-15-11-8-3-4-9(6-8)12(11)16(20)14-13(15)17-7-10-2-1-5-18(10)14/h1-5,7-9,11-12H,6H2. The molecule has 2 heterocycles. The van der Waals surface area contributed by atoms with E-state index in [2.05, 4.69) is 17.1 Å². The number of allylic oxidation sites excluding steroid dienone is 2. The van der Waals surface area contributed by atoms with Gasteiger partial charge in [-0.05, 0) is 30.4 Å². The Balaban J connectivity index is 1.83. The Kier molecular flexibility index (Phi) is 1.72. The largest absolute Gasteiger partial charge is 0.311 e. The molecule has 3 aliphatic rings. The maximum atomic E-state index is 12.9. The van der Waals surface area contributed by atoms with Crippen molar-refractivity contribution in [3.05, 3.63) is 48.1 Å². The number of hydrogen-bond donors (Lipinski definition) is 0. The fraction of sp³-hybridized carbons (Fsp3) is 0.312. The van der Waals surface area contributed by atoms with Gasteiger partial charge in [-0.15, -0.1) is 0 Å². The number of carbonyl (C=O) groups is 2. The Bertz CT molecular complexity index is 817. The molecule has 4 nitrogen and oxygen atoms in total. The number of aromatic nitrogens is 2. The third-order valence-electron chi connectivity index (χ3n) is 5.10. The number of fused-ring (bicyclic) bond motifs is 8. The van der Waals surface area contributed by atoms with Gasteiger partial charge in [0, 0.05) is 18.0 Å². The van der Waals surface area contributed by atoms with E-state index in [4.69, 9.17) is 0 Å². The Labute approximate surface area is 115 Å². The third kappa shape index (κ3) is 1.03. The van der Waals surface area contributed by atoms with Gasteiger partial charge in [0.05, 0.1) is 11.7 Å². The molecule has 3 aliphatic carbocycles. The summed E-state index contributed by atoms with van der Waals surface area (Å²) in [5.74, 6) is 0.273. The molecule has 2 aromatic rings. The van der Waals surface area contributed by atoms with E-state index in [1.807, 2.05) is 22.7 Å². The molecule has 0 aromatic carbocycles. The van der Waals surface area contributed by atoms with Crippen LogP contribution in [0.4, 0.5) is 0 Å². The van der Waals surface area contributed by atoms with Crippen molar-refractivity contribution in [1.29, 1.82) is 0 Å². The highest BCUT2D eigenvalue weighted by atomic mass is 16.1. The molecule has 0 aliphatic heterocycles. The number of Topliss-reactive ketones (excluding diaryl/α,β-unsaturated/α-hetero) is 2. The van der Waals surface area contributed by atoms with Crippen LogP contribution in [-0.4, -0.2) is 21.0 Å². The summed E-state index contributed by atoms with van der Waals surface area (Å²) in [6.07, 6.45) is 8.68. The first-order valence-corrected chi connectivity index (χ1v) is 6.98. The molecule has 4 atom stereocenters. The lowest BCUT2D eigenvalue weighted by atomic mass is 9.72. The molecule has 98 valence electrons. The first-order valence-electron chi connectivity index (χ1n) is 6.98. The summed E-state index contributed by atoms with van der Waals surface area (Å²) in [5, 5.41) is 0. The average Bonchev–Trinajstić information content (AvgIpc) is 3.16. The van der Waals surface area contributed by atoms with Crippen LogP contribution in [-0.2, 0) is 0 Å². The normalized spacial score (nSPS) is 33.8.